The van der Waals surface area contributed by atoms with Gasteiger partial charge in [-0.3, -0.25) is 0 Å². The van der Waals surface area contributed by atoms with E-state index >= 15 is 0 Å². The number of hydrogen-bond acceptors (Lipinski definition) is 3. The van der Waals surface area contributed by atoms with Gasteiger partial charge in [0, 0.05) is 26.2 Å². The Balaban J connectivity index is 0.00000180. The molecule has 0 aliphatic carbocycles. The molecule has 7 heteroatoms. The van der Waals surface area contributed by atoms with Gasteiger partial charge in [-0.2, -0.15) is 17.0 Å². The third-order valence-electron chi connectivity index (χ3n) is 4.03. The van der Waals surface area contributed by atoms with Crippen molar-refractivity contribution in [2.45, 2.75) is 38.5 Å². The van der Waals surface area contributed by atoms with E-state index in [9.17, 15) is 8.42 Å². The Labute approximate surface area is 123 Å². The van der Waals surface area contributed by atoms with E-state index in [2.05, 4.69) is 0 Å². The van der Waals surface area contributed by atoms with Crippen LogP contribution in [0.4, 0.5) is 0 Å². The van der Waals surface area contributed by atoms with Gasteiger partial charge in [0.2, 0.25) is 0 Å². The quantitative estimate of drug-likeness (QED) is 0.851. The summed E-state index contributed by atoms with van der Waals surface area (Å²) in [6, 6.07) is 0. The summed E-state index contributed by atoms with van der Waals surface area (Å²) in [6.45, 7) is 3.23. The number of piperidine rings is 1. The first-order chi connectivity index (χ1) is 8.64. The average molecular weight is 312 g/mol. The fourth-order valence-corrected chi connectivity index (χ4v) is 4.67. The zero-order valence-corrected chi connectivity index (χ0v) is 13.1. The summed E-state index contributed by atoms with van der Waals surface area (Å²) < 4.78 is 28.5. The predicted molar refractivity (Wildman–Crippen MR) is 79.6 cm³/mol. The van der Waals surface area contributed by atoms with E-state index < -0.39 is 10.2 Å². The van der Waals surface area contributed by atoms with Crippen LogP contribution < -0.4 is 5.73 Å². The smallest absolute Gasteiger partial charge is 0.281 e. The first kappa shape index (κ1) is 17.2. The van der Waals surface area contributed by atoms with Gasteiger partial charge in [-0.15, -0.1) is 12.4 Å². The molecule has 1 unspecified atom stereocenters. The number of hydrogen-bond donors (Lipinski definition) is 1. The summed E-state index contributed by atoms with van der Waals surface area (Å²) in [5.74, 6) is 0.334. The van der Waals surface area contributed by atoms with Crippen molar-refractivity contribution >= 4 is 22.6 Å². The van der Waals surface area contributed by atoms with E-state index in [-0.39, 0.29) is 12.4 Å². The minimum Gasteiger partial charge on any atom is -0.330 e. The summed E-state index contributed by atoms with van der Waals surface area (Å²) in [4.78, 5) is 0. The monoisotopic (exact) mass is 311 g/mol. The lowest BCUT2D eigenvalue weighted by Crippen LogP contribution is -2.49. The van der Waals surface area contributed by atoms with Crippen LogP contribution in [0.5, 0.6) is 0 Å². The molecule has 0 spiro atoms. The lowest BCUT2D eigenvalue weighted by atomic mass is 10.0. The van der Waals surface area contributed by atoms with Crippen LogP contribution in [0.3, 0.4) is 0 Å². The third kappa shape index (κ3) is 4.29. The minimum absolute atomic E-state index is 0. The second kappa shape index (κ2) is 7.78. The molecular weight excluding hydrogens is 286 g/mol. The van der Waals surface area contributed by atoms with Crippen LogP contribution in [0.15, 0.2) is 0 Å². The first-order valence-corrected chi connectivity index (χ1v) is 8.49. The van der Waals surface area contributed by atoms with Crippen LogP contribution in [-0.4, -0.2) is 49.8 Å². The number of rotatable bonds is 3. The molecule has 0 saturated carbocycles. The van der Waals surface area contributed by atoms with Crippen LogP contribution in [0.25, 0.3) is 0 Å². The largest absolute Gasteiger partial charge is 0.330 e. The van der Waals surface area contributed by atoms with Crippen molar-refractivity contribution in [1.82, 2.24) is 8.61 Å². The molecule has 2 saturated heterocycles. The molecule has 1 atom stereocenters. The molecule has 0 radical (unpaired) electrons. The molecule has 2 rings (SSSR count). The van der Waals surface area contributed by atoms with E-state index in [0.29, 0.717) is 38.6 Å². The van der Waals surface area contributed by atoms with Gasteiger partial charge < -0.3 is 5.73 Å². The van der Waals surface area contributed by atoms with E-state index in [1.165, 1.54) is 0 Å². The summed E-state index contributed by atoms with van der Waals surface area (Å²) >= 11 is 0. The summed E-state index contributed by atoms with van der Waals surface area (Å²) in [5.41, 5.74) is 5.68. The minimum atomic E-state index is -3.24. The van der Waals surface area contributed by atoms with E-state index in [0.717, 1.165) is 38.5 Å². The fraction of sp³-hybridized carbons (Fsp3) is 1.00. The molecule has 2 aliphatic rings. The zero-order chi connectivity index (χ0) is 13.0. The van der Waals surface area contributed by atoms with Crippen molar-refractivity contribution in [2.24, 2.45) is 11.7 Å². The van der Waals surface area contributed by atoms with E-state index in [4.69, 9.17) is 5.73 Å². The Morgan fingerprint density at radius 2 is 1.53 bits per heavy atom. The maximum absolute atomic E-state index is 12.6. The van der Waals surface area contributed by atoms with Crippen LogP contribution >= 0.6 is 12.4 Å². The molecule has 2 aliphatic heterocycles. The van der Waals surface area contributed by atoms with Gasteiger partial charge in [-0.05, 0) is 38.1 Å². The van der Waals surface area contributed by atoms with Crippen molar-refractivity contribution in [3.63, 3.8) is 0 Å². The predicted octanol–water partition coefficient (Wildman–Crippen LogP) is 1.20. The third-order valence-corrected chi connectivity index (χ3v) is 6.03. The fourth-order valence-electron chi connectivity index (χ4n) is 2.86. The molecule has 0 aromatic carbocycles. The topological polar surface area (TPSA) is 66.6 Å². The van der Waals surface area contributed by atoms with Crippen LogP contribution in [-0.2, 0) is 10.2 Å². The summed E-state index contributed by atoms with van der Waals surface area (Å²) in [6.07, 6.45) is 6.28. The van der Waals surface area contributed by atoms with Gasteiger partial charge in [0.1, 0.15) is 0 Å². The van der Waals surface area contributed by atoms with Crippen molar-refractivity contribution in [2.75, 3.05) is 32.7 Å². The molecule has 19 heavy (non-hydrogen) atoms. The van der Waals surface area contributed by atoms with Crippen LogP contribution in [0.2, 0.25) is 0 Å². The molecule has 5 nitrogen and oxygen atoms in total. The molecule has 0 aromatic heterocycles. The first-order valence-electron chi connectivity index (χ1n) is 7.10. The maximum atomic E-state index is 12.6. The second-order valence-corrected chi connectivity index (χ2v) is 7.35. The molecule has 2 fully saturated rings. The number of halogens is 1. The lowest BCUT2D eigenvalue weighted by Gasteiger charge is -2.34. The van der Waals surface area contributed by atoms with Gasteiger partial charge in [-0.25, -0.2) is 0 Å². The van der Waals surface area contributed by atoms with Gasteiger partial charge in [0.05, 0.1) is 0 Å². The SMILES string of the molecule is Cl.NCC1CCCN(S(=O)(=O)N2CCCCCC2)C1. The molecule has 2 heterocycles. The summed E-state index contributed by atoms with van der Waals surface area (Å²) in [7, 11) is -3.24. The Morgan fingerprint density at radius 3 is 2.11 bits per heavy atom. The zero-order valence-electron chi connectivity index (χ0n) is 11.5. The van der Waals surface area contributed by atoms with Crippen molar-refractivity contribution in [3.05, 3.63) is 0 Å². The van der Waals surface area contributed by atoms with Gasteiger partial charge in [0.25, 0.3) is 10.2 Å². The Kier molecular flexibility index (Phi) is 7.04. The van der Waals surface area contributed by atoms with Crippen molar-refractivity contribution in [1.29, 1.82) is 0 Å². The average Bonchev–Trinajstić information content (AvgIpc) is 2.68. The Hall–Kier alpha value is 0.120. The van der Waals surface area contributed by atoms with Crippen LogP contribution in [0.1, 0.15) is 38.5 Å². The lowest BCUT2D eigenvalue weighted by molar-refractivity contribution is 0.251. The van der Waals surface area contributed by atoms with E-state index in [1.54, 1.807) is 8.61 Å². The van der Waals surface area contributed by atoms with Gasteiger partial charge >= 0.3 is 0 Å². The van der Waals surface area contributed by atoms with Crippen molar-refractivity contribution < 1.29 is 8.42 Å². The number of nitrogens with zero attached hydrogens (tertiary/aromatic N) is 2. The van der Waals surface area contributed by atoms with Crippen molar-refractivity contribution in [3.8, 4) is 0 Å². The highest BCUT2D eigenvalue weighted by Gasteiger charge is 2.33. The normalized spacial score (nSPS) is 27.5. The Morgan fingerprint density at radius 1 is 0.947 bits per heavy atom. The standard InChI is InChI=1S/C12H25N3O2S.ClH/c13-10-12-6-5-9-15(11-12)18(16,17)14-7-3-1-2-4-8-14;/h12H,1-11,13H2;1H. The van der Waals surface area contributed by atoms with Gasteiger partial charge in [0.15, 0.2) is 0 Å². The molecular formula is C12H26ClN3O2S. The highest BCUT2D eigenvalue weighted by atomic mass is 35.5. The second-order valence-electron chi connectivity index (χ2n) is 5.42. The number of nitrogens with two attached hydrogens (primary N) is 1. The molecule has 114 valence electrons. The molecule has 0 amide bonds. The molecule has 2 N–H and O–H groups in total. The highest BCUT2D eigenvalue weighted by molar-refractivity contribution is 7.86. The molecule has 0 aromatic rings. The molecule has 0 bridgehead atoms. The Bertz CT molecular complexity index is 356. The van der Waals surface area contributed by atoms with E-state index in [1.807, 2.05) is 0 Å². The highest BCUT2D eigenvalue weighted by Crippen LogP contribution is 2.22. The van der Waals surface area contributed by atoms with Gasteiger partial charge in [-0.1, -0.05) is 12.8 Å². The van der Waals surface area contributed by atoms with Crippen LogP contribution in [0, 0.1) is 5.92 Å². The maximum Gasteiger partial charge on any atom is 0.281 e. The summed E-state index contributed by atoms with van der Waals surface area (Å²) in [5, 5.41) is 0.